The molecule has 2 aliphatic heterocycles. The third-order valence-electron chi connectivity index (χ3n) is 4.28. The molecule has 1 aromatic rings. The molecular weight excluding hydrogens is 256 g/mol. The summed E-state index contributed by atoms with van der Waals surface area (Å²) in [6, 6.07) is 6.41. The zero-order chi connectivity index (χ0) is 14.4. The summed E-state index contributed by atoms with van der Waals surface area (Å²) >= 11 is 0. The van der Waals surface area contributed by atoms with Crippen molar-refractivity contribution in [1.82, 2.24) is 0 Å². The van der Waals surface area contributed by atoms with Gasteiger partial charge in [0.2, 0.25) is 0 Å². The number of hydrogen-bond donors (Lipinski definition) is 0. The number of fused-ring (bicyclic) bond motifs is 4. The fourth-order valence-corrected chi connectivity index (χ4v) is 2.73. The Labute approximate surface area is 118 Å². The van der Waals surface area contributed by atoms with Crippen LogP contribution in [0, 0.1) is 5.41 Å². The van der Waals surface area contributed by atoms with Crippen molar-refractivity contribution in [2.45, 2.75) is 45.3 Å². The van der Waals surface area contributed by atoms with Crippen LogP contribution in [-0.4, -0.2) is 17.7 Å². The Morgan fingerprint density at radius 3 is 1.60 bits per heavy atom. The van der Waals surface area contributed by atoms with Gasteiger partial charge in [-0.1, -0.05) is 13.8 Å². The quantitative estimate of drug-likeness (QED) is 0.681. The summed E-state index contributed by atoms with van der Waals surface area (Å²) < 4.78 is 11.1. The van der Waals surface area contributed by atoms with Crippen molar-refractivity contribution in [3.8, 4) is 0 Å². The lowest BCUT2D eigenvalue weighted by Crippen LogP contribution is -2.44. The van der Waals surface area contributed by atoms with E-state index in [2.05, 4.69) is 13.8 Å². The second kappa shape index (κ2) is 4.33. The monoisotopic (exact) mass is 274 g/mol. The van der Waals surface area contributed by atoms with Crippen molar-refractivity contribution in [1.29, 1.82) is 0 Å². The highest BCUT2D eigenvalue weighted by Crippen LogP contribution is 2.43. The molecule has 0 amide bonds. The maximum absolute atomic E-state index is 12.2. The van der Waals surface area contributed by atoms with Crippen LogP contribution in [0.3, 0.4) is 0 Å². The van der Waals surface area contributed by atoms with Crippen molar-refractivity contribution < 1.29 is 19.1 Å². The smallest absolute Gasteiger partial charge is 0.341 e. The van der Waals surface area contributed by atoms with E-state index in [4.69, 9.17) is 9.47 Å². The summed E-state index contributed by atoms with van der Waals surface area (Å²) in [5.41, 5.74) is 1.10. The molecule has 0 atom stereocenters. The molecule has 2 heterocycles. The van der Waals surface area contributed by atoms with Gasteiger partial charge >= 0.3 is 11.9 Å². The molecule has 0 saturated heterocycles. The minimum absolute atomic E-state index is 0.193. The van der Waals surface area contributed by atoms with Crippen LogP contribution >= 0.6 is 0 Å². The number of carbonyl (C=O) groups is 2. The van der Waals surface area contributed by atoms with Gasteiger partial charge in [0.25, 0.3) is 5.79 Å². The first-order chi connectivity index (χ1) is 9.39. The normalized spacial score (nSPS) is 23.5. The first kappa shape index (κ1) is 13.2. The van der Waals surface area contributed by atoms with Crippen LogP contribution < -0.4 is 0 Å². The first-order valence-electron chi connectivity index (χ1n) is 6.96. The fraction of sp³-hybridized carbons (Fsp3) is 0.500. The van der Waals surface area contributed by atoms with Gasteiger partial charge in [-0.2, -0.15) is 0 Å². The summed E-state index contributed by atoms with van der Waals surface area (Å²) in [7, 11) is 0. The van der Waals surface area contributed by atoms with Gasteiger partial charge in [0.15, 0.2) is 0 Å². The van der Waals surface area contributed by atoms with E-state index >= 15 is 0 Å². The van der Waals surface area contributed by atoms with Gasteiger partial charge in [0.05, 0.1) is 11.1 Å². The average molecular weight is 274 g/mol. The lowest BCUT2D eigenvalue weighted by atomic mass is 9.75. The lowest BCUT2D eigenvalue weighted by Gasteiger charge is -2.41. The number of esters is 2. The summed E-state index contributed by atoms with van der Waals surface area (Å²) in [4.78, 5) is 24.3. The molecule has 2 bridgehead atoms. The van der Waals surface area contributed by atoms with Crippen LogP contribution in [0.25, 0.3) is 0 Å². The second-order valence-corrected chi connectivity index (χ2v) is 6.43. The Kier molecular flexibility index (Phi) is 2.85. The van der Waals surface area contributed by atoms with Crippen LogP contribution in [0.2, 0.25) is 0 Å². The Bertz CT molecular complexity index is 507. The summed E-state index contributed by atoms with van der Waals surface area (Å²) in [5, 5.41) is 0. The standard InChI is InChI=1S/C16H18O4/c1-15(2)7-9-16(10-8-15)19-13(17)11-3-4-12(6-5-11)14(18)20-16/h3-6H,7-10H2,1-2H3. The van der Waals surface area contributed by atoms with Gasteiger partial charge in [-0.25, -0.2) is 9.59 Å². The Morgan fingerprint density at radius 2 is 1.20 bits per heavy atom. The third-order valence-corrected chi connectivity index (χ3v) is 4.28. The predicted molar refractivity (Wildman–Crippen MR) is 72.3 cm³/mol. The molecule has 20 heavy (non-hydrogen) atoms. The maximum atomic E-state index is 12.2. The lowest BCUT2D eigenvalue weighted by molar-refractivity contribution is -0.196. The van der Waals surface area contributed by atoms with E-state index in [1.165, 1.54) is 0 Å². The van der Waals surface area contributed by atoms with Crippen LogP contribution in [0.1, 0.15) is 60.2 Å². The minimum Gasteiger partial charge on any atom is -0.419 e. The number of rotatable bonds is 0. The number of hydrogen-bond acceptors (Lipinski definition) is 4. The van der Waals surface area contributed by atoms with Crippen LogP contribution in [0.15, 0.2) is 24.3 Å². The molecule has 1 fully saturated rings. The van der Waals surface area contributed by atoms with Crippen molar-refractivity contribution in [3.05, 3.63) is 35.4 Å². The first-order valence-corrected chi connectivity index (χ1v) is 6.96. The molecule has 4 rings (SSSR count). The summed E-state index contributed by atoms with van der Waals surface area (Å²) in [6.07, 6.45) is 2.83. The molecule has 106 valence electrons. The molecule has 0 N–H and O–H groups in total. The van der Waals surface area contributed by atoms with E-state index in [0.29, 0.717) is 24.0 Å². The average Bonchev–Trinajstić information content (AvgIpc) is 2.49. The summed E-state index contributed by atoms with van der Waals surface area (Å²) in [6.45, 7) is 4.35. The molecular formula is C16H18O4. The van der Waals surface area contributed by atoms with Gasteiger partial charge in [-0.15, -0.1) is 0 Å². The number of ether oxygens (including phenoxy) is 2. The largest absolute Gasteiger partial charge is 0.419 e. The van der Waals surface area contributed by atoms with Gasteiger partial charge < -0.3 is 9.47 Å². The second-order valence-electron chi connectivity index (χ2n) is 6.43. The number of carbonyl (C=O) groups excluding carboxylic acids is 2. The van der Waals surface area contributed by atoms with E-state index in [0.717, 1.165) is 12.8 Å². The SMILES string of the molecule is CC1(C)CCC2(CC1)OC(=O)c1ccc(cc1)C(=O)O2. The van der Waals surface area contributed by atoms with E-state index in [-0.39, 0.29) is 5.41 Å². The molecule has 1 aliphatic carbocycles. The van der Waals surface area contributed by atoms with E-state index < -0.39 is 17.7 Å². The zero-order valence-corrected chi connectivity index (χ0v) is 11.8. The van der Waals surface area contributed by atoms with Crippen molar-refractivity contribution in [2.75, 3.05) is 0 Å². The molecule has 4 nitrogen and oxygen atoms in total. The minimum atomic E-state index is -1.10. The van der Waals surface area contributed by atoms with Crippen LogP contribution in [-0.2, 0) is 9.47 Å². The predicted octanol–water partition coefficient (Wildman–Crippen LogP) is 3.31. The fourth-order valence-electron chi connectivity index (χ4n) is 2.73. The molecule has 1 spiro atoms. The molecule has 0 radical (unpaired) electrons. The van der Waals surface area contributed by atoms with Gasteiger partial charge in [0.1, 0.15) is 0 Å². The van der Waals surface area contributed by atoms with Crippen molar-refractivity contribution in [3.63, 3.8) is 0 Å². The van der Waals surface area contributed by atoms with E-state index in [9.17, 15) is 9.59 Å². The highest BCUT2D eigenvalue weighted by atomic mass is 16.7. The Morgan fingerprint density at radius 1 is 0.800 bits per heavy atom. The molecule has 1 aromatic carbocycles. The molecule has 1 saturated carbocycles. The van der Waals surface area contributed by atoms with Crippen LogP contribution in [0.4, 0.5) is 0 Å². The third kappa shape index (κ3) is 2.30. The molecule has 0 aromatic heterocycles. The van der Waals surface area contributed by atoms with Gasteiger partial charge in [-0.05, 0) is 42.5 Å². The van der Waals surface area contributed by atoms with Crippen molar-refractivity contribution in [2.24, 2.45) is 5.41 Å². The van der Waals surface area contributed by atoms with Crippen LogP contribution in [0.5, 0.6) is 0 Å². The number of benzene rings is 1. The highest BCUT2D eigenvalue weighted by Gasteiger charge is 2.45. The topological polar surface area (TPSA) is 52.6 Å². The molecule has 3 aliphatic rings. The summed E-state index contributed by atoms with van der Waals surface area (Å²) in [5.74, 6) is -1.95. The molecule has 4 heteroatoms. The highest BCUT2D eigenvalue weighted by molar-refractivity contribution is 5.94. The Balaban J connectivity index is 1.93. The molecule has 0 unspecified atom stereocenters. The van der Waals surface area contributed by atoms with E-state index in [1.54, 1.807) is 24.3 Å². The maximum Gasteiger partial charge on any atom is 0.341 e. The Hall–Kier alpha value is -1.84. The van der Waals surface area contributed by atoms with Gasteiger partial charge in [0, 0.05) is 12.8 Å². The van der Waals surface area contributed by atoms with Crippen molar-refractivity contribution >= 4 is 11.9 Å². The van der Waals surface area contributed by atoms with Gasteiger partial charge in [-0.3, -0.25) is 0 Å². The van der Waals surface area contributed by atoms with E-state index in [1.807, 2.05) is 0 Å². The zero-order valence-electron chi connectivity index (χ0n) is 11.8.